The van der Waals surface area contributed by atoms with Crippen LogP contribution in [0.5, 0.6) is 5.75 Å². The van der Waals surface area contributed by atoms with Gasteiger partial charge in [0.25, 0.3) is 0 Å². The van der Waals surface area contributed by atoms with Crippen molar-refractivity contribution in [3.05, 3.63) is 29.8 Å². The second-order valence-electron chi connectivity index (χ2n) is 4.69. The first-order chi connectivity index (χ1) is 7.03. The zero-order chi connectivity index (χ0) is 11.1. The Kier molecular flexibility index (Phi) is 2.44. The van der Waals surface area contributed by atoms with Gasteiger partial charge < -0.3 is 15.7 Å². The molecule has 1 aliphatic rings. The molecule has 0 aliphatic heterocycles. The smallest absolute Gasteiger partial charge is 0.115 e. The average Bonchev–Trinajstić information content (AvgIpc) is 2.88. The van der Waals surface area contributed by atoms with Gasteiger partial charge >= 0.3 is 0 Å². The lowest BCUT2D eigenvalue weighted by Crippen LogP contribution is -2.39. The van der Waals surface area contributed by atoms with Gasteiger partial charge in [-0.3, -0.25) is 0 Å². The molecule has 1 unspecified atom stereocenters. The molecule has 1 atom stereocenters. The van der Waals surface area contributed by atoms with Crippen molar-refractivity contribution >= 4 is 0 Å². The molecule has 0 saturated heterocycles. The van der Waals surface area contributed by atoms with Crippen molar-refractivity contribution in [3.8, 4) is 5.75 Å². The van der Waals surface area contributed by atoms with Crippen molar-refractivity contribution < 1.29 is 5.11 Å². The number of hydrogen-bond donors (Lipinski definition) is 2. The molecule has 0 amide bonds. The van der Waals surface area contributed by atoms with E-state index in [4.69, 9.17) is 5.73 Å². The van der Waals surface area contributed by atoms with Crippen LogP contribution >= 0.6 is 0 Å². The maximum Gasteiger partial charge on any atom is 0.115 e. The lowest BCUT2D eigenvalue weighted by atomic mass is 9.97. The number of phenolic OH excluding ortho intramolecular Hbond substituents is 1. The number of nitrogens with two attached hydrogens (primary N) is 1. The molecule has 3 heteroatoms. The molecule has 0 spiro atoms. The van der Waals surface area contributed by atoms with E-state index in [9.17, 15) is 5.11 Å². The van der Waals surface area contributed by atoms with Gasteiger partial charge in [0, 0.05) is 5.54 Å². The molecule has 2 rings (SSSR count). The Morgan fingerprint density at radius 1 is 1.27 bits per heavy atom. The molecule has 3 N–H and O–H groups in total. The molecular formula is C12H18N2O. The summed E-state index contributed by atoms with van der Waals surface area (Å²) in [6.07, 6.45) is 2.16. The van der Waals surface area contributed by atoms with Crippen LogP contribution in [0.2, 0.25) is 0 Å². The summed E-state index contributed by atoms with van der Waals surface area (Å²) in [5, 5.41) is 9.25. The largest absolute Gasteiger partial charge is 0.508 e. The summed E-state index contributed by atoms with van der Waals surface area (Å²) in [6.45, 7) is 0. The Hall–Kier alpha value is -1.06. The number of phenols is 1. The highest BCUT2D eigenvalue weighted by atomic mass is 16.3. The van der Waals surface area contributed by atoms with Gasteiger partial charge in [-0.15, -0.1) is 0 Å². The molecule has 15 heavy (non-hydrogen) atoms. The highest BCUT2D eigenvalue weighted by Crippen LogP contribution is 2.45. The van der Waals surface area contributed by atoms with Gasteiger partial charge in [0.15, 0.2) is 0 Å². The van der Waals surface area contributed by atoms with Crippen LogP contribution in [0.15, 0.2) is 24.3 Å². The van der Waals surface area contributed by atoms with Gasteiger partial charge in [0.2, 0.25) is 0 Å². The van der Waals surface area contributed by atoms with Crippen LogP contribution in [0.3, 0.4) is 0 Å². The highest BCUT2D eigenvalue weighted by Gasteiger charge is 2.47. The molecule has 1 saturated carbocycles. The lowest BCUT2D eigenvalue weighted by Gasteiger charge is -2.30. The molecule has 0 heterocycles. The van der Waals surface area contributed by atoms with Crippen molar-refractivity contribution in [1.82, 2.24) is 4.90 Å². The normalized spacial score (nSPS) is 20.3. The average molecular weight is 206 g/mol. The number of rotatable bonds is 3. The minimum atomic E-state index is -0.0690. The van der Waals surface area contributed by atoms with E-state index in [0.29, 0.717) is 5.75 Å². The SMILES string of the molecule is CN(C)C(c1ccc(O)cc1)C1(N)CC1. The van der Waals surface area contributed by atoms with Gasteiger partial charge in [0.1, 0.15) is 5.75 Å². The van der Waals surface area contributed by atoms with Gasteiger partial charge in [-0.05, 0) is 44.6 Å². The van der Waals surface area contributed by atoms with E-state index in [2.05, 4.69) is 4.90 Å². The van der Waals surface area contributed by atoms with E-state index in [1.54, 1.807) is 12.1 Å². The Morgan fingerprint density at radius 2 is 1.80 bits per heavy atom. The van der Waals surface area contributed by atoms with Gasteiger partial charge in [-0.1, -0.05) is 12.1 Å². The van der Waals surface area contributed by atoms with Crippen molar-refractivity contribution in [1.29, 1.82) is 0 Å². The van der Waals surface area contributed by atoms with Crippen molar-refractivity contribution in [2.45, 2.75) is 24.4 Å². The number of hydrogen-bond acceptors (Lipinski definition) is 3. The lowest BCUT2D eigenvalue weighted by molar-refractivity contribution is 0.245. The number of nitrogens with zero attached hydrogens (tertiary/aromatic N) is 1. The summed E-state index contributed by atoms with van der Waals surface area (Å²) in [6, 6.07) is 7.59. The second-order valence-corrected chi connectivity index (χ2v) is 4.69. The maximum absolute atomic E-state index is 9.25. The zero-order valence-corrected chi connectivity index (χ0v) is 9.27. The Labute approximate surface area is 90.5 Å². The third-order valence-corrected chi connectivity index (χ3v) is 3.10. The number of aromatic hydroxyl groups is 1. The summed E-state index contributed by atoms with van der Waals surface area (Å²) >= 11 is 0. The maximum atomic E-state index is 9.25. The molecule has 0 aromatic heterocycles. The third-order valence-electron chi connectivity index (χ3n) is 3.10. The Bertz CT molecular complexity index is 341. The number of benzene rings is 1. The predicted molar refractivity (Wildman–Crippen MR) is 60.7 cm³/mol. The zero-order valence-electron chi connectivity index (χ0n) is 9.27. The fraction of sp³-hybridized carbons (Fsp3) is 0.500. The minimum Gasteiger partial charge on any atom is -0.508 e. The van der Waals surface area contributed by atoms with E-state index >= 15 is 0 Å². The molecule has 1 aromatic carbocycles. The van der Waals surface area contributed by atoms with E-state index in [0.717, 1.165) is 12.8 Å². The standard InChI is InChI=1S/C12H18N2O/c1-14(2)11(12(13)7-8-12)9-3-5-10(15)6-4-9/h3-6,11,15H,7-8,13H2,1-2H3. The fourth-order valence-corrected chi connectivity index (χ4v) is 2.22. The second kappa shape index (κ2) is 3.51. The van der Waals surface area contributed by atoms with Crippen LogP contribution in [0.1, 0.15) is 24.4 Å². The molecule has 1 aromatic rings. The van der Waals surface area contributed by atoms with Gasteiger partial charge in [0.05, 0.1) is 6.04 Å². The van der Waals surface area contributed by atoms with Crippen molar-refractivity contribution in [3.63, 3.8) is 0 Å². The summed E-state index contributed by atoms with van der Waals surface area (Å²) in [4.78, 5) is 2.15. The molecule has 1 fully saturated rings. The Morgan fingerprint density at radius 3 is 2.20 bits per heavy atom. The first kappa shape index (κ1) is 10.5. The van der Waals surface area contributed by atoms with Gasteiger partial charge in [-0.2, -0.15) is 0 Å². The van der Waals surface area contributed by atoms with Crippen molar-refractivity contribution in [2.24, 2.45) is 5.73 Å². The molecule has 0 radical (unpaired) electrons. The van der Waals surface area contributed by atoms with E-state index in [1.807, 2.05) is 26.2 Å². The Balaban J connectivity index is 2.29. The third kappa shape index (κ3) is 1.98. The summed E-state index contributed by atoms with van der Waals surface area (Å²) in [5.41, 5.74) is 7.37. The van der Waals surface area contributed by atoms with E-state index in [1.165, 1.54) is 5.56 Å². The minimum absolute atomic E-state index is 0.0690. The first-order valence-electron chi connectivity index (χ1n) is 5.27. The molecular weight excluding hydrogens is 188 g/mol. The molecule has 82 valence electrons. The van der Waals surface area contributed by atoms with Crippen LogP contribution in [-0.4, -0.2) is 29.6 Å². The van der Waals surface area contributed by atoms with Crippen LogP contribution in [0, 0.1) is 0 Å². The van der Waals surface area contributed by atoms with Gasteiger partial charge in [-0.25, -0.2) is 0 Å². The quantitative estimate of drug-likeness (QED) is 0.787. The predicted octanol–water partition coefficient (Wildman–Crippen LogP) is 1.49. The summed E-state index contributed by atoms with van der Waals surface area (Å²) < 4.78 is 0. The van der Waals surface area contributed by atoms with Crippen LogP contribution in [0.25, 0.3) is 0 Å². The van der Waals surface area contributed by atoms with E-state index in [-0.39, 0.29) is 11.6 Å². The molecule has 1 aliphatic carbocycles. The van der Waals surface area contributed by atoms with Crippen molar-refractivity contribution in [2.75, 3.05) is 14.1 Å². The van der Waals surface area contributed by atoms with Crippen LogP contribution in [0.4, 0.5) is 0 Å². The fourth-order valence-electron chi connectivity index (χ4n) is 2.22. The number of likely N-dealkylation sites (N-methyl/N-ethyl adjacent to an activating group) is 1. The monoisotopic (exact) mass is 206 g/mol. The summed E-state index contributed by atoms with van der Waals surface area (Å²) in [5.74, 6) is 0.304. The first-order valence-corrected chi connectivity index (χ1v) is 5.27. The topological polar surface area (TPSA) is 49.5 Å². The molecule has 0 bridgehead atoms. The summed E-state index contributed by atoms with van der Waals surface area (Å²) in [7, 11) is 4.09. The van der Waals surface area contributed by atoms with Crippen LogP contribution < -0.4 is 5.73 Å². The molecule has 3 nitrogen and oxygen atoms in total. The highest BCUT2D eigenvalue weighted by molar-refractivity contribution is 5.31. The van der Waals surface area contributed by atoms with E-state index < -0.39 is 0 Å². The van der Waals surface area contributed by atoms with Crippen LogP contribution in [-0.2, 0) is 0 Å².